The van der Waals surface area contributed by atoms with Crippen LogP contribution in [-0.2, 0) is 11.3 Å². The lowest BCUT2D eigenvalue weighted by Crippen LogP contribution is -2.48. The van der Waals surface area contributed by atoms with Gasteiger partial charge in [0.05, 0.1) is 13.7 Å². The van der Waals surface area contributed by atoms with Crippen LogP contribution in [0.25, 0.3) is 0 Å². The van der Waals surface area contributed by atoms with Crippen LogP contribution in [0, 0.1) is 0 Å². The molecule has 1 saturated heterocycles. The van der Waals surface area contributed by atoms with Crippen molar-refractivity contribution in [1.82, 2.24) is 4.90 Å². The summed E-state index contributed by atoms with van der Waals surface area (Å²) in [5.41, 5.74) is 6.68. The lowest BCUT2D eigenvalue weighted by Gasteiger charge is -2.32. The summed E-state index contributed by atoms with van der Waals surface area (Å²) in [4.78, 5) is 2.19. The molecule has 1 atom stereocenters. The largest absolute Gasteiger partial charge is 0.496 e. The van der Waals surface area contributed by atoms with E-state index in [0.29, 0.717) is 13.2 Å². The van der Waals surface area contributed by atoms with Gasteiger partial charge in [0.25, 0.3) is 0 Å². The van der Waals surface area contributed by atoms with E-state index in [1.165, 1.54) is 0 Å². The second kappa shape index (κ2) is 6.92. The van der Waals surface area contributed by atoms with E-state index in [1.807, 2.05) is 18.2 Å². The first-order chi connectivity index (χ1) is 9.63. The summed E-state index contributed by atoms with van der Waals surface area (Å²) in [6.45, 7) is 2.66. The van der Waals surface area contributed by atoms with Gasteiger partial charge in [-0.2, -0.15) is 0 Å². The predicted octanol–water partition coefficient (Wildman–Crippen LogP) is 1.40. The first-order valence-electron chi connectivity index (χ1n) is 6.28. The van der Waals surface area contributed by atoms with Crippen LogP contribution in [0.1, 0.15) is 5.56 Å². The van der Waals surface area contributed by atoms with Crippen molar-refractivity contribution in [3.63, 3.8) is 0 Å². The number of ether oxygens (including phenoxy) is 2. The Hall–Kier alpha value is -1.31. The lowest BCUT2D eigenvalue weighted by molar-refractivity contribution is 0.00118. The monoisotopic (exact) mass is 343 g/mol. The fourth-order valence-electron chi connectivity index (χ4n) is 2.20. The van der Waals surface area contributed by atoms with E-state index in [4.69, 9.17) is 20.4 Å². The molecular formula is C13H18BrN3O3. The van der Waals surface area contributed by atoms with Crippen molar-refractivity contribution in [3.05, 3.63) is 28.2 Å². The Morgan fingerprint density at radius 2 is 2.45 bits per heavy atom. The molecule has 0 amide bonds. The average molecular weight is 344 g/mol. The molecule has 1 aromatic carbocycles. The molecular weight excluding hydrogens is 326 g/mol. The van der Waals surface area contributed by atoms with Crippen molar-refractivity contribution in [2.75, 3.05) is 26.8 Å². The zero-order valence-electron chi connectivity index (χ0n) is 11.3. The van der Waals surface area contributed by atoms with Gasteiger partial charge in [0.1, 0.15) is 11.9 Å². The number of halogens is 1. The molecule has 7 heteroatoms. The standard InChI is InChI=1S/C13H18BrN3O3/c1-19-11-3-2-10(14)6-9(11)7-17-4-5-20-12(8-17)13(15)16-18/h2-3,6,12,18H,4-5,7-8H2,1H3,(H2,15,16). The normalized spacial score (nSPS) is 20.9. The van der Waals surface area contributed by atoms with Gasteiger partial charge in [-0.25, -0.2) is 0 Å². The van der Waals surface area contributed by atoms with Crippen LogP contribution in [-0.4, -0.2) is 48.9 Å². The third-order valence-electron chi connectivity index (χ3n) is 3.23. The van der Waals surface area contributed by atoms with Crippen LogP contribution in [0.3, 0.4) is 0 Å². The fraction of sp³-hybridized carbons (Fsp3) is 0.462. The number of hydrogen-bond donors (Lipinski definition) is 2. The van der Waals surface area contributed by atoms with Gasteiger partial charge < -0.3 is 20.4 Å². The summed E-state index contributed by atoms with van der Waals surface area (Å²) in [6.07, 6.45) is -0.369. The molecule has 1 aliphatic heterocycles. The number of rotatable bonds is 4. The van der Waals surface area contributed by atoms with E-state index < -0.39 is 0 Å². The molecule has 3 N–H and O–H groups in total. The van der Waals surface area contributed by atoms with E-state index in [9.17, 15) is 0 Å². The predicted molar refractivity (Wildman–Crippen MR) is 79.1 cm³/mol. The Kier molecular flexibility index (Phi) is 5.22. The average Bonchev–Trinajstić information content (AvgIpc) is 2.47. The smallest absolute Gasteiger partial charge is 0.169 e. The summed E-state index contributed by atoms with van der Waals surface area (Å²) in [6, 6.07) is 5.91. The van der Waals surface area contributed by atoms with E-state index in [2.05, 4.69) is 26.0 Å². The van der Waals surface area contributed by atoms with Crippen LogP contribution < -0.4 is 10.5 Å². The number of oxime groups is 1. The Morgan fingerprint density at radius 1 is 1.65 bits per heavy atom. The molecule has 1 unspecified atom stereocenters. The minimum atomic E-state index is -0.369. The minimum absolute atomic E-state index is 0.107. The highest BCUT2D eigenvalue weighted by atomic mass is 79.9. The Balaban J connectivity index is 2.08. The van der Waals surface area contributed by atoms with Gasteiger partial charge in [0.15, 0.2) is 5.84 Å². The summed E-state index contributed by atoms with van der Waals surface area (Å²) < 4.78 is 11.9. The van der Waals surface area contributed by atoms with E-state index in [0.717, 1.165) is 28.9 Å². The molecule has 0 spiro atoms. The molecule has 1 fully saturated rings. The van der Waals surface area contributed by atoms with Gasteiger partial charge in [-0.05, 0) is 18.2 Å². The molecule has 2 rings (SSSR count). The topological polar surface area (TPSA) is 80.3 Å². The number of methoxy groups -OCH3 is 1. The Bertz CT molecular complexity index is 496. The highest BCUT2D eigenvalue weighted by Gasteiger charge is 2.24. The number of amidine groups is 1. The quantitative estimate of drug-likeness (QED) is 0.374. The van der Waals surface area contributed by atoms with E-state index in [-0.39, 0.29) is 11.9 Å². The molecule has 0 bridgehead atoms. The van der Waals surface area contributed by atoms with Crippen LogP contribution in [0.5, 0.6) is 5.75 Å². The van der Waals surface area contributed by atoms with E-state index >= 15 is 0 Å². The van der Waals surface area contributed by atoms with Crippen molar-refractivity contribution in [2.45, 2.75) is 12.6 Å². The molecule has 6 nitrogen and oxygen atoms in total. The van der Waals surface area contributed by atoms with Gasteiger partial charge in [-0.1, -0.05) is 21.1 Å². The fourth-order valence-corrected chi connectivity index (χ4v) is 2.61. The summed E-state index contributed by atoms with van der Waals surface area (Å²) in [5.74, 6) is 0.955. The maximum absolute atomic E-state index is 8.72. The SMILES string of the molecule is COc1ccc(Br)cc1CN1CCOC(C(N)=NO)C1. The minimum Gasteiger partial charge on any atom is -0.496 e. The van der Waals surface area contributed by atoms with Crippen LogP contribution in [0.4, 0.5) is 0 Å². The summed E-state index contributed by atoms with van der Waals surface area (Å²) in [7, 11) is 1.66. The molecule has 0 aromatic heterocycles. The van der Waals surface area contributed by atoms with Gasteiger partial charge in [0, 0.05) is 29.7 Å². The van der Waals surface area contributed by atoms with Crippen molar-refractivity contribution in [1.29, 1.82) is 0 Å². The zero-order valence-corrected chi connectivity index (χ0v) is 12.8. The maximum atomic E-state index is 8.72. The van der Waals surface area contributed by atoms with Crippen molar-refractivity contribution in [2.24, 2.45) is 10.9 Å². The highest BCUT2D eigenvalue weighted by Crippen LogP contribution is 2.25. The van der Waals surface area contributed by atoms with Gasteiger partial charge >= 0.3 is 0 Å². The Labute approximate surface area is 126 Å². The van der Waals surface area contributed by atoms with E-state index in [1.54, 1.807) is 7.11 Å². The lowest BCUT2D eigenvalue weighted by atomic mass is 10.1. The molecule has 0 radical (unpaired) electrons. The third kappa shape index (κ3) is 3.62. The summed E-state index contributed by atoms with van der Waals surface area (Å²) in [5, 5.41) is 11.7. The highest BCUT2D eigenvalue weighted by molar-refractivity contribution is 9.10. The summed E-state index contributed by atoms with van der Waals surface area (Å²) >= 11 is 3.47. The molecule has 0 saturated carbocycles. The number of benzene rings is 1. The first-order valence-corrected chi connectivity index (χ1v) is 7.07. The number of morpholine rings is 1. The second-order valence-corrected chi connectivity index (χ2v) is 5.49. The van der Waals surface area contributed by atoms with Gasteiger partial charge in [-0.15, -0.1) is 0 Å². The third-order valence-corrected chi connectivity index (χ3v) is 3.73. The molecule has 0 aliphatic carbocycles. The molecule has 20 heavy (non-hydrogen) atoms. The van der Waals surface area contributed by atoms with Gasteiger partial charge in [-0.3, -0.25) is 4.90 Å². The van der Waals surface area contributed by atoms with Crippen molar-refractivity contribution >= 4 is 21.8 Å². The molecule has 1 aliphatic rings. The zero-order chi connectivity index (χ0) is 14.5. The van der Waals surface area contributed by atoms with Crippen LogP contribution >= 0.6 is 15.9 Å². The first kappa shape index (κ1) is 15.1. The Morgan fingerprint density at radius 3 is 3.15 bits per heavy atom. The maximum Gasteiger partial charge on any atom is 0.169 e. The molecule has 1 aromatic rings. The van der Waals surface area contributed by atoms with Crippen molar-refractivity contribution in [3.8, 4) is 5.75 Å². The number of nitrogens with zero attached hydrogens (tertiary/aromatic N) is 2. The number of nitrogens with two attached hydrogens (primary N) is 1. The van der Waals surface area contributed by atoms with Crippen LogP contribution in [0.2, 0.25) is 0 Å². The van der Waals surface area contributed by atoms with Crippen LogP contribution in [0.15, 0.2) is 27.8 Å². The molecule has 110 valence electrons. The molecule has 1 heterocycles. The number of hydrogen-bond acceptors (Lipinski definition) is 5. The van der Waals surface area contributed by atoms with Gasteiger partial charge in [0.2, 0.25) is 0 Å². The second-order valence-electron chi connectivity index (χ2n) is 4.58. The van der Waals surface area contributed by atoms with Crippen molar-refractivity contribution < 1.29 is 14.7 Å².